The standard InChI is InChI=1S/C10H12INO/c11-10-7-2-1-3-8(12)6(7)4-5-9(10)13/h4-5,8,13H,1-3,12H2/t8-/m0/s1. The first kappa shape index (κ1) is 9.27. The highest BCUT2D eigenvalue weighted by molar-refractivity contribution is 14.1. The van der Waals surface area contributed by atoms with Crippen LogP contribution >= 0.6 is 22.6 Å². The minimum Gasteiger partial charge on any atom is -0.507 e. The maximum absolute atomic E-state index is 9.51. The second-order valence-electron chi connectivity index (χ2n) is 3.47. The Morgan fingerprint density at radius 3 is 3.00 bits per heavy atom. The molecule has 1 aromatic carbocycles. The first-order chi connectivity index (χ1) is 6.20. The van der Waals surface area contributed by atoms with Crippen molar-refractivity contribution in [3.8, 4) is 5.75 Å². The zero-order valence-electron chi connectivity index (χ0n) is 7.26. The molecule has 0 amide bonds. The summed E-state index contributed by atoms with van der Waals surface area (Å²) in [5, 5.41) is 9.51. The van der Waals surface area contributed by atoms with Crippen molar-refractivity contribution >= 4 is 22.6 Å². The normalized spacial score (nSPS) is 21.2. The summed E-state index contributed by atoms with van der Waals surface area (Å²) in [5.41, 5.74) is 8.45. The fourth-order valence-electron chi connectivity index (χ4n) is 1.88. The van der Waals surface area contributed by atoms with E-state index in [-0.39, 0.29) is 6.04 Å². The van der Waals surface area contributed by atoms with Crippen LogP contribution < -0.4 is 5.73 Å². The lowest BCUT2D eigenvalue weighted by Gasteiger charge is -2.23. The van der Waals surface area contributed by atoms with E-state index in [9.17, 15) is 5.11 Å². The summed E-state index contributed by atoms with van der Waals surface area (Å²) in [7, 11) is 0. The Morgan fingerprint density at radius 2 is 2.23 bits per heavy atom. The molecule has 0 unspecified atom stereocenters. The molecular weight excluding hydrogens is 277 g/mol. The summed E-state index contributed by atoms with van der Waals surface area (Å²) in [4.78, 5) is 0. The SMILES string of the molecule is N[C@H]1CCCc2c1ccc(O)c2I. The lowest BCUT2D eigenvalue weighted by Crippen LogP contribution is -2.18. The Kier molecular flexibility index (Phi) is 2.47. The highest BCUT2D eigenvalue weighted by Gasteiger charge is 2.19. The fraction of sp³-hybridized carbons (Fsp3) is 0.400. The predicted molar refractivity (Wildman–Crippen MR) is 60.7 cm³/mol. The van der Waals surface area contributed by atoms with Crippen molar-refractivity contribution in [2.24, 2.45) is 5.73 Å². The van der Waals surface area contributed by atoms with Gasteiger partial charge in [-0.25, -0.2) is 0 Å². The molecule has 3 N–H and O–H groups in total. The minimum atomic E-state index is 0.165. The Labute approximate surface area is 91.3 Å². The molecule has 70 valence electrons. The first-order valence-electron chi connectivity index (χ1n) is 4.46. The van der Waals surface area contributed by atoms with Crippen LogP contribution in [0.25, 0.3) is 0 Å². The topological polar surface area (TPSA) is 46.2 Å². The van der Waals surface area contributed by atoms with Crippen LogP contribution in [0.1, 0.15) is 30.0 Å². The number of hydrogen-bond donors (Lipinski definition) is 2. The Bertz CT molecular complexity index is 338. The van der Waals surface area contributed by atoms with Gasteiger partial charge < -0.3 is 10.8 Å². The largest absolute Gasteiger partial charge is 0.507 e. The third-order valence-corrected chi connectivity index (χ3v) is 3.80. The Morgan fingerprint density at radius 1 is 1.46 bits per heavy atom. The molecule has 0 saturated heterocycles. The molecule has 13 heavy (non-hydrogen) atoms. The van der Waals surface area contributed by atoms with Gasteiger partial charge in [-0.05, 0) is 59.0 Å². The van der Waals surface area contributed by atoms with Crippen LogP contribution in [0.4, 0.5) is 0 Å². The highest BCUT2D eigenvalue weighted by atomic mass is 127. The molecule has 2 rings (SSSR count). The lowest BCUT2D eigenvalue weighted by molar-refractivity contribution is 0.467. The second kappa shape index (κ2) is 3.46. The van der Waals surface area contributed by atoms with Crippen molar-refractivity contribution in [2.45, 2.75) is 25.3 Å². The van der Waals surface area contributed by atoms with Gasteiger partial charge in [-0.2, -0.15) is 0 Å². The van der Waals surface area contributed by atoms with E-state index in [0.717, 1.165) is 22.8 Å². The molecule has 0 heterocycles. The van der Waals surface area contributed by atoms with E-state index in [1.165, 1.54) is 11.1 Å². The van der Waals surface area contributed by atoms with Crippen molar-refractivity contribution in [1.82, 2.24) is 0 Å². The molecule has 0 saturated carbocycles. The third kappa shape index (κ3) is 1.55. The molecule has 0 bridgehead atoms. The molecular formula is C10H12INO. The maximum Gasteiger partial charge on any atom is 0.129 e. The van der Waals surface area contributed by atoms with Crippen LogP contribution in [0, 0.1) is 3.57 Å². The smallest absolute Gasteiger partial charge is 0.129 e. The zero-order valence-corrected chi connectivity index (χ0v) is 9.41. The maximum atomic E-state index is 9.51. The first-order valence-corrected chi connectivity index (χ1v) is 5.54. The molecule has 2 nitrogen and oxygen atoms in total. The van der Waals surface area contributed by atoms with Gasteiger partial charge in [0.05, 0.1) is 3.57 Å². The average molecular weight is 289 g/mol. The quantitative estimate of drug-likeness (QED) is 0.720. The highest BCUT2D eigenvalue weighted by Crippen LogP contribution is 2.34. The summed E-state index contributed by atoms with van der Waals surface area (Å²) >= 11 is 2.19. The summed E-state index contributed by atoms with van der Waals surface area (Å²) < 4.78 is 0.977. The number of halogens is 1. The van der Waals surface area contributed by atoms with Gasteiger partial charge in [0.2, 0.25) is 0 Å². The fourth-order valence-corrected chi connectivity index (χ4v) is 2.64. The third-order valence-electron chi connectivity index (χ3n) is 2.60. The number of hydrogen-bond acceptors (Lipinski definition) is 2. The van der Waals surface area contributed by atoms with Crippen LogP contribution in [0.5, 0.6) is 5.75 Å². The predicted octanol–water partition coefficient (Wildman–Crippen LogP) is 2.33. The van der Waals surface area contributed by atoms with E-state index >= 15 is 0 Å². The van der Waals surface area contributed by atoms with E-state index in [4.69, 9.17) is 5.73 Å². The molecule has 0 aliphatic heterocycles. The van der Waals surface area contributed by atoms with Crippen molar-refractivity contribution < 1.29 is 5.11 Å². The van der Waals surface area contributed by atoms with Gasteiger partial charge in [0.15, 0.2) is 0 Å². The van der Waals surface area contributed by atoms with E-state index in [2.05, 4.69) is 22.6 Å². The zero-order chi connectivity index (χ0) is 9.42. The van der Waals surface area contributed by atoms with Gasteiger partial charge in [-0.3, -0.25) is 0 Å². The number of benzene rings is 1. The molecule has 1 aromatic rings. The van der Waals surface area contributed by atoms with Crippen LogP contribution in [-0.4, -0.2) is 5.11 Å². The lowest BCUT2D eigenvalue weighted by atomic mass is 9.88. The molecule has 0 fully saturated rings. The number of aromatic hydroxyl groups is 1. The second-order valence-corrected chi connectivity index (χ2v) is 4.54. The number of phenols is 1. The van der Waals surface area contributed by atoms with Gasteiger partial charge >= 0.3 is 0 Å². The molecule has 0 radical (unpaired) electrons. The van der Waals surface area contributed by atoms with E-state index in [0.29, 0.717) is 5.75 Å². The number of fused-ring (bicyclic) bond motifs is 1. The number of phenolic OH excluding ortho intramolecular Hbond substituents is 1. The van der Waals surface area contributed by atoms with Gasteiger partial charge in [0, 0.05) is 6.04 Å². The van der Waals surface area contributed by atoms with Gasteiger partial charge in [-0.1, -0.05) is 6.07 Å². The van der Waals surface area contributed by atoms with Gasteiger partial charge in [-0.15, -0.1) is 0 Å². The molecule has 0 aromatic heterocycles. The van der Waals surface area contributed by atoms with Crippen LogP contribution in [0.15, 0.2) is 12.1 Å². The van der Waals surface area contributed by atoms with Gasteiger partial charge in [0.25, 0.3) is 0 Å². The summed E-state index contributed by atoms with van der Waals surface area (Å²) in [5.74, 6) is 0.383. The van der Waals surface area contributed by atoms with Gasteiger partial charge in [0.1, 0.15) is 5.75 Å². The molecule has 1 aliphatic carbocycles. The summed E-state index contributed by atoms with van der Waals surface area (Å²) in [6, 6.07) is 3.86. The summed E-state index contributed by atoms with van der Waals surface area (Å²) in [6.07, 6.45) is 3.25. The van der Waals surface area contributed by atoms with E-state index in [1.807, 2.05) is 6.07 Å². The molecule has 1 atom stereocenters. The average Bonchev–Trinajstić information content (AvgIpc) is 2.12. The van der Waals surface area contributed by atoms with Crippen LogP contribution in [0.2, 0.25) is 0 Å². The van der Waals surface area contributed by atoms with Crippen LogP contribution in [-0.2, 0) is 6.42 Å². The summed E-state index contributed by atoms with van der Waals surface area (Å²) in [6.45, 7) is 0. The van der Waals surface area contributed by atoms with E-state index < -0.39 is 0 Å². The number of nitrogens with two attached hydrogens (primary N) is 1. The Balaban J connectivity index is 2.56. The molecule has 0 spiro atoms. The monoisotopic (exact) mass is 289 g/mol. The minimum absolute atomic E-state index is 0.165. The van der Waals surface area contributed by atoms with Crippen molar-refractivity contribution in [3.63, 3.8) is 0 Å². The number of rotatable bonds is 0. The van der Waals surface area contributed by atoms with Crippen molar-refractivity contribution in [3.05, 3.63) is 26.8 Å². The van der Waals surface area contributed by atoms with Crippen molar-refractivity contribution in [2.75, 3.05) is 0 Å². The Hall–Kier alpha value is -0.290. The molecule has 1 aliphatic rings. The molecule has 3 heteroatoms. The van der Waals surface area contributed by atoms with Crippen molar-refractivity contribution in [1.29, 1.82) is 0 Å². The van der Waals surface area contributed by atoms with Crippen LogP contribution in [0.3, 0.4) is 0 Å². The van der Waals surface area contributed by atoms with E-state index in [1.54, 1.807) is 6.07 Å².